The molecule has 2 saturated heterocycles. The van der Waals surface area contributed by atoms with Crippen molar-refractivity contribution in [3.05, 3.63) is 48.6 Å². The van der Waals surface area contributed by atoms with E-state index in [1.165, 1.54) is 11.0 Å². The fourth-order valence-corrected chi connectivity index (χ4v) is 4.63. The second-order valence-corrected chi connectivity index (χ2v) is 8.00. The molecule has 0 saturated carbocycles. The first-order valence-corrected chi connectivity index (χ1v) is 10.1. The molecule has 0 N–H and O–H groups in total. The summed E-state index contributed by atoms with van der Waals surface area (Å²) in [7, 11) is 1.05. The Kier molecular flexibility index (Phi) is 6.26. The molecule has 2 heterocycles. The third-order valence-corrected chi connectivity index (χ3v) is 6.49. The van der Waals surface area contributed by atoms with Crippen LogP contribution in [0.1, 0.15) is 31.2 Å². The van der Waals surface area contributed by atoms with Crippen LogP contribution in [0.3, 0.4) is 0 Å². The molecule has 1 aromatic rings. The summed E-state index contributed by atoms with van der Waals surface area (Å²) in [6.45, 7) is 3.92. The molecule has 2 aliphatic heterocycles. The second-order valence-electron chi connectivity index (χ2n) is 8.00. The van der Waals surface area contributed by atoms with Crippen molar-refractivity contribution >= 4 is 11.8 Å². The van der Waals surface area contributed by atoms with E-state index in [2.05, 4.69) is 6.58 Å². The molecule has 0 bridgehead atoms. The fourth-order valence-electron chi connectivity index (χ4n) is 4.63. The van der Waals surface area contributed by atoms with E-state index in [-0.39, 0.29) is 31.2 Å². The standard InChI is InChI=1S/C22H27F3N2O3/c1-3-18(28)26-14-11-20(12-15-26,17-8-5-4-6-9-17)19(29)27-13-7-10-21(16-27,30-2)22(23,24)25/h3-6,8-9H,1,7,10-16H2,2H3. The van der Waals surface area contributed by atoms with Crippen LogP contribution in [0, 0.1) is 0 Å². The number of alkyl halides is 3. The van der Waals surface area contributed by atoms with Crippen LogP contribution in [0.2, 0.25) is 0 Å². The van der Waals surface area contributed by atoms with Crippen LogP contribution in [0.5, 0.6) is 0 Å². The summed E-state index contributed by atoms with van der Waals surface area (Å²) in [4.78, 5) is 28.6. The number of methoxy groups -OCH3 is 1. The summed E-state index contributed by atoms with van der Waals surface area (Å²) in [6, 6.07) is 9.13. The van der Waals surface area contributed by atoms with E-state index in [0.29, 0.717) is 25.9 Å². The highest BCUT2D eigenvalue weighted by atomic mass is 19.4. The van der Waals surface area contributed by atoms with E-state index < -0.39 is 23.7 Å². The van der Waals surface area contributed by atoms with Gasteiger partial charge < -0.3 is 14.5 Å². The van der Waals surface area contributed by atoms with Crippen LogP contribution in [-0.4, -0.2) is 66.7 Å². The van der Waals surface area contributed by atoms with E-state index in [4.69, 9.17) is 4.74 Å². The minimum Gasteiger partial charge on any atom is -0.367 e. The molecule has 5 nitrogen and oxygen atoms in total. The van der Waals surface area contributed by atoms with Gasteiger partial charge in [-0.3, -0.25) is 9.59 Å². The maximum Gasteiger partial charge on any atom is 0.419 e. The molecular weight excluding hydrogens is 397 g/mol. The number of amides is 2. The highest BCUT2D eigenvalue weighted by Gasteiger charge is 2.59. The van der Waals surface area contributed by atoms with Crippen molar-refractivity contribution in [2.75, 3.05) is 33.3 Å². The minimum atomic E-state index is -4.57. The zero-order valence-electron chi connectivity index (χ0n) is 17.1. The molecule has 2 fully saturated rings. The van der Waals surface area contributed by atoms with E-state index in [0.717, 1.165) is 12.7 Å². The predicted molar refractivity (Wildman–Crippen MR) is 106 cm³/mol. The fraction of sp³-hybridized carbons (Fsp3) is 0.545. The van der Waals surface area contributed by atoms with E-state index in [1.54, 1.807) is 4.90 Å². The number of benzene rings is 1. The number of rotatable bonds is 4. The smallest absolute Gasteiger partial charge is 0.367 e. The van der Waals surface area contributed by atoms with E-state index in [1.807, 2.05) is 30.3 Å². The largest absolute Gasteiger partial charge is 0.419 e. The molecule has 1 aromatic carbocycles. The molecule has 164 valence electrons. The number of likely N-dealkylation sites (tertiary alicyclic amines) is 2. The lowest BCUT2D eigenvalue weighted by Gasteiger charge is -2.48. The van der Waals surface area contributed by atoms with Crippen LogP contribution < -0.4 is 0 Å². The average Bonchev–Trinajstić information content (AvgIpc) is 2.78. The number of halogens is 3. The Morgan fingerprint density at radius 2 is 1.70 bits per heavy atom. The van der Waals surface area contributed by atoms with Gasteiger partial charge in [-0.2, -0.15) is 13.2 Å². The van der Waals surface area contributed by atoms with Crippen molar-refractivity contribution in [2.24, 2.45) is 0 Å². The molecule has 1 unspecified atom stereocenters. The van der Waals surface area contributed by atoms with Crippen molar-refractivity contribution in [1.29, 1.82) is 0 Å². The van der Waals surface area contributed by atoms with Crippen LogP contribution in [0.15, 0.2) is 43.0 Å². The summed E-state index contributed by atoms with van der Waals surface area (Å²) in [6.07, 6.45) is -2.60. The highest BCUT2D eigenvalue weighted by Crippen LogP contribution is 2.43. The number of ether oxygens (including phenoxy) is 1. The lowest BCUT2D eigenvalue weighted by Crippen LogP contribution is -2.62. The van der Waals surface area contributed by atoms with Crippen LogP contribution in [-0.2, 0) is 19.7 Å². The molecule has 0 aliphatic carbocycles. The molecule has 0 radical (unpaired) electrons. The molecule has 2 aliphatic rings. The Bertz CT molecular complexity index is 789. The van der Waals surface area contributed by atoms with Crippen molar-refractivity contribution in [1.82, 2.24) is 9.80 Å². The summed E-state index contributed by atoms with van der Waals surface area (Å²) in [5, 5.41) is 0. The Morgan fingerprint density at radius 1 is 1.07 bits per heavy atom. The first kappa shape index (κ1) is 22.3. The Morgan fingerprint density at radius 3 is 2.23 bits per heavy atom. The number of hydrogen-bond donors (Lipinski definition) is 0. The Balaban J connectivity index is 1.92. The summed E-state index contributed by atoms with van der Waals surface area (Å²) >= 11 is 0. The van der Waals surface area contributed by atoms with Gasteiger partial charge in [0.05, 0.1) is 12.0 Å². The topological polar surface area (TPSA) is 49.9 Å². The first-order valence-electron chi connectivity index (χ1n) is 10.1. The number of piperidine rings is 2. The van der Waals surface area contributed by atoms with Crippen molar-refractivity contribution < 1.29 is 27.5 Å². The maximum absolute atomic E-state index is 13.8. The summed E-state index contributed by atoms with van der Waals surface area (Å²) in [5.74, 6) is -0.540. The van der Waals surface area contributed by atoms with Gasteiger partial charge in [-0.05, 0) is 37.3 Å². The van der Waals surface area contributed by atoms with Gasteiger partial charge in [-0.25, -0.2) is 0 Å². The monoisotopic (exact) mass is 424 g/mol. The van der Waals surface area contributed by atoms with Crippen LogP contribution >= 0.6 is 0 Å². The van der Waals surface area contributed by atoms with Gasteiger partial charge in [0.15, 0.2) is 5.60 Å². The van der Waals surface area contributed by atoms with Crippen molar-refractivity contribution in [3.8, 4) is 0 Å². The lowest BCUT2D eigenvalue weighted by atomic mass is 9.71. The minimum absolute atomic E-state index is 0.170. The third kappa shape index (κ3) is 3.85. The number of carbonyl (C=O) groups excluding carboxylic acids is 2. The number of nitrogens with zero attached hydrogens (tertiary/aromatic N) is 2. The molecule has 3 rings (SSSR count). The van der Waals surface area contributed by atoms with Gasteiger partial charge in [-0.15, -0.1) is 0 Å². The number of carbonyl (C=O) groups is 2. The normalized spacial score (nSPS) is 24.4. The lowest BCUT2D eigenvalue weighted by molar-refractivity contribution is -0.282. The molecule has 0 spiro atoms. The SMILES string of the molecule is C=CC(=O)N1CCC(C(=O)N2CCCC(OC)(C(F)(F)F)C2)(c2ccccc2)CC1. The van der Waals surface area contributed by atoms with Gasteiger partial charge >= 0.3 is 6.18 Å². The van der Waals surface area contributed by atoms with Gasteiger partial charge in [0.1, 0.15) is 0 Å². The third-order valence-electron chi connectivity index (χ3n) is 6.49. The Labute approximate surface area is 174 Å². The van der Waals surface area contributed by atoms with Crippen LogP contribution in [0.4, 0.5) is 13.2 Å². The zero-order chi connectivity index (χ0) is 22.0. The molecule has 0 aromatic heterocycles. The van der Waals surface area contributed by atoms with E-state index in [9.17, 15) is 22.8 Å². The average molecular weight is 424 g/mol. The van der Waals surface area contributed by atoms with Crippen molar-refractivity contribution in [3.63, 3.8) is 0 Å². The molecule has 8 heteroatoms. The molecule has 2 amide bonds. The van der Waals surface area contributed by atoms with Gasteiger partial charge in [0.2, 0.25) is 11.8 Å². The van der Waals surface area contributed by atoms with Crippen molar-refractivity contribution in [2.45, 2.75) is 42.9 Å². The summed E-state index contributed by atoms with van der Waals surface area (Å²) in [5.41, 5.74) is -2.55. The first-order chi connectivity index (χ1) is 14.2. The molecular formula is C22H27F3N2O3. The number of hydrogen-bond acceptors (Lipinski definition) is 3. The quantitative estimate of drug-likeness (QED) is 0.697. The van der Waals surface area contributed by atoms with Gasteiger partial charge in [0.25, 0.3) is 0 Å². The maximum atomic E-state index is 13.8. The van der Waals surface area contributed by atoms with Crippen LogP contribution in [0.25, 0.3) is 0 Å². The van der Waals surface area contributed by atoms with Gasteiger partial charge in [0, 0.05) is 26.7 Å². The molecule has 30 heavy (non-hydrogen) atoms. The van der Waals surface area contributed by atoms with Gasteiger partial charge in [-0.1, -0.05) is 36.9 Å². The second kappa shape index (κ2) is 8.41. The Hall–Kier alpha value is -2.35. The zero-order valence-corrected chi connectivity index (χ0v) is 17.1. The summed E-state index contributed by atoms with van der Waals surface area (Å²) < 4.78 is 46.2. The van der Waals surface area contributed by atoms with E-state index >= 15 is 0 Å². The molecule has 1 atom stereocenters. The predicted octanol–water partition coefficient (Wildman–Crippen LogP) is 3.30. The highest BCUT2D eigenvalue weighted by molar-refractivity contribution is 5.90.